The number of thioether (sulfide) groups is 2. The van der Waals surface area contributed by atoms with Crippen molar-refractivity contribution in [2.45, 2.75) is 10.4 Å². The van der Waals surface area contributed by atoms with E-state index < -0.39 is 11.8 Å². The number of fused-ring (bicyclic) bond motifs is 2. The molecule has 0 fully saturated rings. The molecule has 166 valence electrons. The predicted molar refractivity (Wildman–Crippen MR) is 131 cm³/mol. The quantitative estimate of drug-likeness (QED) is 0.257. The molecule has 0 unspecified atom stereocenters. The second kappa shape index (κ2) is 8.35. The topological polar surface area (TPSA) is 89.4 Å². The zero-order chi connectivity index (χ0) is 23.2. The zero-order valence-corrected chi connectivity index (χ0v) is 19.5. The fourth-order valence-electron chi connectivity index (χ4n) is 3.49. The summed E-state index contributed by atoms with van der Waals surface area (Å²) in [6.45, 7) is 0. The van der Waals surface area contributed by atoms with Crippen LogP contribution in [0.4, 0.5) is 5.69 Å². The van der Waals surface area contributed by atoms with Crippen molar-refractivity contribution in [2.75, 3.05) is 4.90 Å². The number of carbonyl (C=O) groups excluding carboxylic acids is 2. The Kier molecular flexibility index (Phi) is 5.17. The largest absolute Gasteiger partial charge is 0.431 e. The highest BCUT2D eigenvalue weighted by Crippen LogP contribution is 2.45. The Balaban J connectivity index is 1.43. The summed E-state index contributed by atoms with van der Waals surface area (Å²) in [4.78, 5) is 37.2. The maximum atomic E-state index is 13.5. The first-order chi connectivity index (χ1) is 16.6. The number of rotatable bonds is 5. The molecule has 1 aliphatic rings. The average molecular weight is 506 g/mol. The standard InChI is InChI=1S/C24H12ClN3O4S2/c25-13-7-1-4-10-16(13)28-21(29)19(33-23-26-14-8-2-5-11-17(14)31-23)20(22(28)30)34-24-27-15-9-3-6-12-18(15)32-24/h1-12H. The summed E-state index contributed by atoms with van der Waals surface area (Å²) in [5, 5.41) is 0.770. The van der Waals surface area contributed by atoms with Gasteiger partial charge in [-0.25, -0.2) is 14.9 Å². The summed E-state index contributed by atoms with van der Waals surface area (Å²) in [5.74, 6) is -1.05. The molecule has 0 radical (unpaired) electrons. The molecule has 0 saturated heterocycles. The predicted octanol–water partition coefficient (Wildman–Crippen LogP) is 6.29. The number of amides is 2. The van der Waals surface area contributed by atoms with E-state index in [9.17, 15) is 9.59 Å². The van der Waals surface area contributed by atoms with Crippen LogP contribution in [0.5, 0.6) is 0 Å². The summed E-state index contributed by atoms with van der Waals surface area (Å²) in [7, 11) is 0. The highest BCUT2D eigenvalue weighted by atomic mass is 35.5. The van der Waals surface area contributed by atoms with Gasteiger partial charge in [-0.1, -0.05) is 48.0 Å². The van der Waals surface area contributed by atoms with E-state index in [4.69, 9.17) is 20.4 Å². The maximum Gasteiger partial charge on any atom is 0.273 e. The van der Waals surface area contributed by atoms with Crippen molar-refractivity contribution in [3.8, 4) is 0 Å². The van der Waals surface area contributed by atoms with Gasteiger partial charge in [-0.15, -0.1) is 0 Å². The van der Waals surface area contributed by atoms with E-state index in [2.05, 4.69) is 9.97 Å². The van der Waals surface area contributed by atoms with Crippen LogP contribution in [0.1, 0.15) is 0 Å². The van der Waals surface area contributed by atoms with Crippen molar-refractivity contribution in [2.24, 2.45) is 0 Å². The van der Waals surface area contributed by atoms with Gasteiger partial charge < -0.3 is 8.83 Å². The average Bonchev–Trinajstić information content (AvgIpc) is 3.50. The molecule has 10 heteroatoms. The van der Waals surface area contributed by atoms with E-state index in [1.807, 2.05) is 36.4 Å². The molecular weight excluding hydrogens is 494 g/mol. The van der Waals surface area contributed by atoms with Crippen molar-refractivity contribution in [1.29, 1.82) is 0 Å². The maximum absolute atomic E-state index is 13.5. The Morgan fingerprint density at radius 2 is 1.15 bits per heavy atom. The second-order valence-corrected chi connectivity index (χ2v) is 9.48. The number of hydrogen-bond donors (Lipinski definition) is 0. The lowest BCUT2D eigenvalue weighted by Gasteiger charge is -2.16. The Morgan fingerprint density at radius 3 is 1.65 bits per heavy atom. The number of aromatic nitrogens is 2. The normalized spacial score (nSPS) is 14.2. The van der Waals surface area contributed by atoms with E-state index in [-0.39, 0.29) is 25.3 Å². The molecule has 2 aromatic heterocycles. The van der Waals surface area contributed by atoms with Crippen LogP contribution in [0.25, 0.3) is 22.2 Å². The van der Waals surface area contributed by atoms with Crippen LogP contribution in [0.3, 0.4) is 0 Å². The molecule has 5 aromatic rings. The van der Waals surface area contributed by atoms with E-state index in [1.165, 1.54) is 0 Å². The van der Waals surface area contributed by atoms with E-state index in [0.29, 0.717) is 27.9 Å². The minimum atomic E-state index is -0.524. The molecule has 1 aliphatic heterocycles. The van der Waals surface area contributed by atoms with Gasteiger partial charge in [0.15, 0.2) is 11.2 Å². The number of nitrogens with zero attached hydrogens (tertiary/aromatic N) is 3. The van der Waals surface area contributed by atoms with Crippen molar-refractivity contribution in [1.82, 2.24) is 9.97 Å². The first-order valence-corrected chi connectivity index (χ1v) is 12.0. The molecule has 6 rings (SSSR count). The molecule has 0 spiro atoms. The van der Waals surface area contributed by atoms with E-state index in [0.717, 1.165) is 28.4 Å². The summed E-state index contributed by atoms with van der Waals surface area (Å²) in [5.41, 5.74) is 2.76. The number of benzene rings is 3. The van der Waals surface area contributed by atoms with Gasteiger partial charge in [-0.05, 0) is 59.9 Å². The van der Waals surface area contributed by atoms with Crippen molar-refractivity contribution in [3.63, 3.8) is 0 Å². The van der Waals surface area contributed by atoms with Crippen molar-refractivity contribution in [3.05, 3.63) is 87.6 Å². The van der Waals surface area contributed by atoms with Crippen LogP contribution >= 0.6 is 35.1 Å². The highest BCUT2D eigenvalue weighted by Gasteiger charge is 2.42. The summed E-state index contributed by atoms with van der Waals surface area (Å²) < 4.78 is 11.6. The van der Waals surface area contributed by atoms with Gasteiger partial charge in [-0.2, -0.15) is 0 Å². The van der Waals surface area contributed by atoms with Gasteiger partial charge in [0.1, 0.15) is 20.8 Å². The van der Waals surface area contributed by atoms with Gasteiger partial charge in [0.05, 0.1) is 10.7 Å². The van der Waals surface area contributed by atoms with Gasteiger partial charge >= 0.3 is 0 Å². The van der Waals surface area contributed by atoms with Crippen LogP contribution in [0.2, 0.25) is 5.02 Å². The Labute approximate surface area is 205 Å². The Hall–Kier alpha value is -3.53. The number of oxazole rings is 2. The minimum absolute atomic E-state index is 0.156. The number of para-hydroxylation sites is 5. The van der Waals surface area contributed by atoms with Gasteiger partial charge in [0.2, 0.25) is 0 Å². The van der Waals surface area contributed by atoms with Crippen LogP contribution in [-0.2, 0) is 9.59 Å². The summed E-state index contributed by atoms with van der Waals surface area (Å²) >= 11 is 8.29. The SMILES string of the molecule is O=C1C(Sc2nc3ccccc3o2)=C(Sc2nc3ccccc3o2)C(=O)N1c1ccccc1Cl. The fraction of sp³-hybridized carbons (Fsp3) is 0. The molecule has 0 aliphatic carbocycles. The van der Waals surface area contributed by atoms with Crippen LogP contribution in [0.15, 0.2) is 102 Å². The van der Waals surface area contributed by atoms with Gasteiger partial charge in [0.25, 0.3) is 22.3 Å². The van der Waals surface area contributed by atoms with Crippen molar-refractivity contribution >= 4 is 74.8 Å². The molecule has 0 N–H and O–H groups in total. The molecule has 0 atom stereocenters. The van der Waals surface area contributed by atoms with Crippen molar-refractivity contribution < 1.29 is 18.4 Å². The van der Waals surface area contributed by atoms with E-state index >= 15 is 0 Å². The third kappa shape index (κ3) is 3.58. The lowest BCUT2D eigenvalue weighted by Crippen LogP contribution is -2.31. The Morgan fingerprint density at radius 1 is 0.676 bits per heavy atom. The molecule has 0 bridgehead atoms. The first-order valence-electron chi connectivity index (χ1n) is 10.0. The fourth-order valence-corrected chi connectivity index (χ4v) is 5.57. The highest BCUT2D eigenvalue weighted by molar-refractivity contribution is 8.08. The number of imide groups is 1. The molecule has 34 heavy (non-hydrogen) atoms. The van der Waals surface area contributed by atoms with Crippen LogP contribution in [0, 0.1) is 0 Å². The van der Waals surface area contributed by atoms with Gasteiger partial charge in [-0.3, -0.25) is 9.59 Å². The monoisotopic (exact) mass is 505 g/mol. The Bertz CT molecular complexity index is 1480. The lowest BCUT2D eigenvalue weighted by molar-refractivity contribution is -0.120. The smallest absolute Gasteiger partial charge is 0.273 e. The minimum Gasteiger partial charge on any atom is -0.431 e. The van der Waals surface area contributed by atoms with Gasteiger partial charge in [0, 0.05) is 0 Å². The molecule has 2 amide bonds. The second-order valence-electron chi connectivity index (χ2n) is 7.15. The molecular formula is C24H12ClN3O4S2. The number of halogens is 1. The number of anilines is 1. The summed E-state index contributed by atoms with van der Waals surface area (Å²) in [6.07, 6.45) is 0. The van der Waals surface area contributed by atoms with Crippen LogP contribution in [-0.4, -0.2) is 21.8 Å². The first kappa shape index (κ1) is 21.0. The third-order valence-electron chi connectivity index (χ3n) is 5.02. The lowest BCUT2D eigenvalue weighted by atomic mass is 10.3. The number of hydrogen-bond acceptors (Lipinski definition) is 8. The summed E-state index contributed by atoms with van der Waals surface area (Å²) in [6, 6.07) is 21.2. The molecule has 7 nitrogen and oxygen atoms in total. The zero-order valence-electron chi connectivity index (χ0n) is 17.1. The molecule has 3 heterocycles. The van der Waals surface area contributed by atoms with Crippen LogP contribution < -0.4 is 4.90 Å². The number of carbonyl (C=O) groups is 2. The van der Waals surface area contributed by atoms with E-state index in [1.54, 1.807) is 36.4 Å². The molecule has 3 aromatic carbocycles. The third-order valence-corrected chi connectivity index (χ3v) is 7.33. The molecule has 0 saturated carbocycles.